The van der Waals surface area contributed by atoms with Gasteiger partial charge in [-0.05, 0) is 37.6 Å². The van der Waals surface area contributed by atoms with Crippen LogP contribution in [-0.4, -0.2) is 58.9 Å². The summed E-state index contributed by atoms with van der Waals surface area (Å²) in [5.74, 6) is -1.98. The summed E-state index contributed by atoms with van der Waals surface area (Å²) in [4.78, 5) is 25.8. The summed E-state index contributed by atoms with van der Waals surface area (Å²) in [6, 6.07) is 0. The Morgan fingerprint density at radius 2 is 1.73 bits per heavy atom. The molecular weight excluding hydrogens is 374 g/mol. The topological polar surface area (TPSA) is 90.0 Å². The molecule has 0 unspecified atom stereocenters. The van der Waals surface area contributed by atoms with E-state index in [9.17, 15) is 18.0 Å². The van der Waals surface area contributed by atoms with Gasteiger partial charge in [-0.25, -0.2) is 13.2 Å². The minimum absolute atomic E-state index is 0.0171. The van der Waals surface area contributed by atoms with Crippen molar-refractivity contribution in [3.63, 3.8) is 0 Å². The quantitative estimate of drug-likeness (QED) is 0.291. The van der Waals surface area contributed by atoms with Gasteiger partial charge in [0.2, 0.25) is 5.91 Å². The van der Waals surface area contributed by atoms with E-state index in [0.717, 1.165) is 11.2 Å². The van der Waals surface area contributed by atoms with Gasteiger partial charge < -0.3 is 9.16 Å². The molecule has 0 aliphatic carbocycles. The molecular formula is C17H31NO6SSi. The lowest BCUT2D eigenvalue weighted by Crippen LogP contribution is -2.66. The van der Waals surface area contributed by atoms with E-state index in [1.807, 2.05) is 13.1 Å². The molecule has 2 atom stereocenters. The molecule has 1 aliphatic heterocycles. The zero-order valence-corrected chi connectivity index (χ0v) is 19.0. The van der Waals surface area contributed by atoms with Crippen molar-refractivity contribution in [2.45, 2.75) is 58.1 Å². The summed E-state index contributed by atoms with van der Waals surface area (Å²) < 4.78 is 35.4. The minimum Gasteiger partial charge on any atom is -0.464 e. The monoisotopic (exact) mass is 405 g/mol. The summed E-state index contributed by atoms with van der Waals surface area (Å²) in [7, 11) is -4.56. The molecule has 0 radical (unpaired) electrons. The fourth-order valence-electron chi connectivity index (χ4n) is 2.56. The molecule has 0 aromatic carbocycles. The van der Waals surface area contributed by atoms with Crippen LogP contribution < -0.4 is 0 Å². The Labute approximate surface area is 157 Å². The van der Waals surface area contributed by atoms with E-state index in [2.05, 4.69) is 20.8 Å². The molecule has 0 aromatic heterocycles. The van der Waals surface area contributed by atoms with E-state index in [1.165, 1.54) is 7.11 Å². The van der Waals surface area contributed by atoms with Crippen molar-refractivity contribution >= 4 is 30.0 Å². The molecule has 0 saturated carbocycles. The van der Waals surface area contributed by atoms with Gasteiger partial charge in [-0.2, -0.15) is 0 Å². The highest BCUT2D eigenvalue weighted by molar-refractivity contribution is 7.91. The Kier molecular flexibility index (Phi) is 6.53. The summed E-state index contributed by atoms with van der Waals surface area (Å²) in [6.07, 6.45) is 1.07. The van der Waals surface area contributed by atoms with Gasteiger partial charge in [0.05, 0.1) is 13.0 Å². The van der Waals surface area contributed by atoms with Crippen LogP contribution in [-0.2, 0) is 28.6 Å². The van der Waals surface area contributed by atoms with Gasteiger partial charge in [0.25, 0.3) is 0 Å². The number of nitrogens with zero attached hydrogens (tertiary/aromatic N) is 1. The molecule has 0 N–H and O–H groups in total. The fourth-order valence-corrected chi connectivity index (χ4v) is 4.97. The predicted molar refractivity (Wildman–Crippen MR) is 103 cm³/mol. The molecule has 0 spiro atoms. The molecule has 26 heavy (non-hydrogen) atoms. The standard InChI is InChI=1S/C17H31NO6SSi/c1-11(2)13(16(20)23-6)18-14(19)12(15(18)25(7,21)22)10-24-26(8,9)17(3,4)5/h12,15H,10H2,1-9H3/t12-,15+/m0/s1. The average molecular weight is 406 g/mol. The lowest BCUT2D eigenvalue weighted by molar-refractivity contribution is -0.155. The van der Waals surface area contributed by atoms with Crippen molar-refractivity contribution in [3.8, 4) is 0 Å². The van der Waals surface area contributed by atoms with E-state index >= 15 is 0 Å². The first-order valence-corrected chi connectivity index (χ1v) is 13.3. The Morgan fingerprint density at radius 3 is 2.08 bits per heavy atom. The summed E-state index contributed by atoms with van der Waals surface area (Å²) in [6.45, 7) is 13.6. The van der Waals surface area contributed by atoms with Crippen molar-refractivity contribution in [1.29, 1.82) is 0 Å². The van der Waals surface area contributed by atoms with Crippen LogP contribution in [0, 0.1) is 5.92 Å². The number of β-lactam (4-membered cyclic amide) rings is 1. The highest BCUT2D eigenvalue weighted by Crippen LogP contribution is 2.40. The number of likely N-dealkylation sites (tertiary alicyclic amines) is 1. The second-order valence-electron chi connectivity index (χ2n) is 8.45. The Hall–Kier alpha value is -1.19. The Balaban J connectivity index is 3.18. The number of ether oxygens (including phenoxy) is 1. The third-order valence-corrected chi connectivity index (χ3v) is 11.0. The van der Waals surface area contributed by atoms with Crippen LogP contribution >= 0.6 is 0 Å². The van der Waals surface area contributed by atoms with Crippen LogP contribution in [0.5, 0.6) is 0 Å². The van der Waals surface area contributed by atoms with Crippen LogP contribution in [0.25, 0.3) is 0 Å². The number of carbonyl (C=O) groups excluding carboxylic acids is 2. The molecule has 0 bridgehead atoms. The van der Waals surface area contributed by atoms with Crippen LogP contribution in [0.1, 0.15) is 34.6 Å². The number of sulfone groups is 1. The van der Waals surface area contributed by atoms with Crippen molar-refractivity contribution < 1.29 is 27.2 Å². The second kappa shape index (κ2) is 7.44. The maximum atomic E-state index is 12.7. The van der Waals surface area contributed by atoms with Crippen LogP contribution in [0.4, 0.5) is 0 Å². The van der Waals surface area contributed by atoms with Gasteiger partial charge in [0, 0.05) is 12.9 Å². The normalized spacial score (nSPS) is 21.3. The largest absolute Gasteiger partial charge is 0.464 e. The number of methoxy groups -OCH3 is 1. The van der Waals surface area contributed by atoms with Gasteiger partial charge in [0.15, 0.2) is 23.5 Å². The lowest BCUT2D eigenvalue weighted by Gasteiger charge is -2.47. The fraction of sp³-hybridized carbons (Fsp3) is 0.765. The van der Waals surface area contributed by atoms with E-state index in [0.29, 0.717) is 5.57 Å². The molecule has 1 heterocycles. The number of hydrogen-bond acceptors (Lipinski definition) is 6. The van der Waals surface area contributed by atoms with Crippen molar-refractivity contribution in [2.75, 3.05) is 20.0 Å². The third kappa shape index (κ3) is 4.37. The molecule has 0 aromatic rings. The summed E-state index contributed by atoms with van der Waals surface area (Å²) in [5, 5.41) is -1.18. The number of carbonyl (C=O) groups is 2. The zero-order chi connectivity index (χ0) is 20.7. The van der Waals surface area contributed by atoms with E-state index in [1.54, 1.807) is 13.8 Å². The second-order valence-corrected chi connectivity index (χ2v) is 15.4. The van der Waals surface area contributed by atoms with Gasteiger partial charge in [-0.3, -0.25) is 9.69 Å². The van der Waals surface area contributed by atoms with Crippen LogP contribution in [0.2, 0.25) is 18.1 Å². The smallest absolute Gasteiger partial charge is 0.354 e. The highest BCUT2D eigenvalue weighted by Gasteiger charge is 2.56. The number of esters is 1. The van der Waals surface area contributed by atoms with Crippen molar-refractivity contribution in [2.24, 2.45) is 5.92 Å². The van der Waals surface area contributed by atoms with Gasteiger partial charge in [-0.1, -0.05) is 20.8 Å². The first kappa shape index (κ1) is 22.8. The van der Waals surface area contributed by atoms with Crippen molar-refractivity contribution in [3.05, 3.63) is 11.3 Å². The first-order valence-electron chi connectivity index (χ1n) is 8.48. The first-order chi connectivity index (χ1) is 11.6. The lowest BCUT2D eigenvalue weighted by atomic mass is 9.97. The third-order valence-electron chi connectivity index (χ3n) is 5.12. The average Bonchev–Trinajstić information content (AvgIpc) is 2.45. The number of amides is 1. The van der Waals surface area contributed by atoms with Gasteiger partial charge in [0.1, 0.15) is 5.70 Å². The van der Waals surface area contributed by atoms with E-state index in [4.69, 9.17) is 9.16 Å². The van der Waals surface area contributed by atoms with E-state index in [-0.39, 0.29) is 17.3 Å². The molecule has 9 heteroatoms. The Morgan fingerprint density at radius 1 is 1.23 bits per heavy atom. The number of allylic oxidation sites excluding steroid dienone is 1. The van der Waals surface area contributed by atoms with Crippen LogP contribution in [0.3, 0.4) is 0 Å². The molecule has 7 nitrogen and oxygen atoms in total. The van der Waals surface area contributed by atoms with E-state index < -0.39 is 41.3 Å². The minimum atomic E-state index is -3.62. The zero-order valence-electron chi connectivity index (χ0n) is 17.2. The van der Waals surface area contributed by atoms with Gasteiger partial charge >= 0.3 is 5.97 Å². The number of hydrogen-bond donors (Lipinski definition) is 0. The maximum Gasteiger partial charge on any atom is 0.354 e. The SMILES string of the molecule is COC(=O)C(=C(C)C)N1C(=O)[C@H](CO[Si](C)(C)C(C)(C)C)[C@H]1S(C)(=O)=O. The highest BCUT2D eigenvalue weighted by atomic mass is 32.2. The summed E-state index contributed by atoms with van der Waals surface area (Å²) >= 11 is 0. The molecule has 1 fully saturated rings. The molecule has 150 valence electrons. The summed E-state index contributed by atoms with van der Waals surface area (Å²) in [5.41, 5.74) is 0.499. The molecule has 1 rings (SSSR count). The number of rotatable bonds is 6. The predicted octanol–water partition coefficient (Wildman–Crippen LogP) is 2.30. The molecule has 1 amide bonds. The van der Waals surface area contributed by atoms with Crippen LogP contribution in [0.15, 0.2) is 11.3 Å². The maximum absolute atomic E-state index is 12.7. The molecule has 1 aliphatic rings. The molecule has 1 saturated heterocycles. The van der Waals surface area contributed by atoms with Gasteiger partial charge in [-0.15, -0.1) is 0 Å². The van der Waals surface area contributed by atoms with Crippen molar-refractivity contribution in [1.82, 2.24) is 4.90 Å². The Bertz CT molecular complexity index is 716.